The molecule has 0 bridgehead atoms. The van der Waals surface area contributed by atoms with E-state index in [1.807, 2.05) is 39.5 Å². The molecule has 3 rings (SSSR count). The van der Waals surface area contributed by atoms with Gasteiger partial charge in [-0.25, -0.2) is 4.98 Å². The Morgan fingerprint density at radius 2 is 2.00 bits per heavy atom. The summed E-state index contributed by atoms with van der Waals surface area (Å²) in [6, 6.07) is -0.365. The number of nitrogens with one attached hydrogen (secondary N) is 1. The molecule has 1 saturated heterocycles. The lowest BCUT2D eigenvalue weighted by molar-refractivity contribution is -0.138. The van der Waals surface area contributed by atoms with Crippen molar-refractivity contribution < 1.29 is 14.1 Å². The van der Waals surface area contributed by atoms with Gasteiger partial charge in [0.2, 0.25) is 11.8 Å². The molecular formula is C19H28N6O3. The van der Waals surface area contributed by atoms with Crippen molar-refractivity contribution in [2.75, 3.05) is 19.6 Å². The van der Waals surface area contributed by atoms with Crippen LogP contribution in [0.4, 0.5) is 0 Å². The average molecular weight is 388 g/mol. The van der Waals surface area contributed by atoms with E-state index >= 15 is 0 Å². The summed E-state index contributed by atoms with van der Waals surface area (Å²) in [5.74, 6) is 1.80. The van der Waals surface area contributed by atoms with Crippen molar-refractivity contribution in [2.45, 2.75) is 53.5 Å². The van der Waals surface area contributed by atoms with Gasteiger partial charge < -0.3 is 14.3 Å². The van der Waals surface area contributed by atoms with Gasteiger partial charge in [0.05, 0.1) is 12.1 Å². The minimum absolute atomic E-state index is 0.00879. The summed E-state index contributed by atoms with van der Waals surface area (Å²) in [4.78, 5) is 33.9. The van der Waals surface area contributed by atoms with E-state index in [0.717, 1.165) is 11.3 Å². The molecule has 0 aliphatic carbocycles. The number of H-pyrrole nitrogens is 1. The van der Waals surface area contributed by atoms with Crippen LogP contribution in [0.5, 0.6) is 0 Å². The maximum absolute atomic E-state index is 13.0. The number of hydrogen-bond acceptors (Lipinski definition) is 6. The van der Waals surface area contributed by atoms with Crippen molar-refractivity contribution in [3.63, 3.8) is 0 Å². The minimum Gasteiger partial charge on any atom is -0.361 e. The standard InChI is InChI=1S/C19H28N6O3/c1-11(2)19(27)25-8-6-7-24(10-16(25)18-20-14(5)21-22-18)17(26)9-15-12(3)23-28-13(15)4/h11,16H,6-10H2,1-5H3,(H,20,21,22). The maximum atomic E-state index is 13.0. The van der Waals surface area contributed by atoms with E-state index in [0.29, 0.717) is 43.5 Å². The first-order valence-corrected chi connectivity index (χ1v) is 9.66. The highest BCUT2D eigenvalue weighted by Crippen LogP contribution is 2.25. The van der Waals surface area contributed by atoms with Crippen LogP contribution in [-0.2, 0) is 16.0 Å². The average Bonchev–Trinajstić information content (AvgIpc) is 3.12. The summed E-state index contributed by atoms with van der Waals surface area (Å²) in [5.41, 5.74) is 1.56. The van der Waals surface area contributed by atoms with Gasteiger partial charge >= 0.3 is 0 Å². The van der Waals surface area contributed by atoms with E-state index in [9.17, 15) is 9.59 Å². The van der Waals surface area contributed by atoms with Crippen molar-refractivity contribution in [2.24, 2.45) is 5.92 Å². The van der Waals surface area contributed by atoms with E-state index in [1.165, 1.54) is 0 Å². The molecule has 9 heteroatoms. The van der Waals surface area contributed by atoms with Crippen LogP contribution >= 0.6 is 0 Å². The van der Waals surface area contributed by atoms with E-state index in [-0.39, 0.29) is 30.2 Å². The summed E-state index contributed by atoms with van der Waals surface area (Å²) in [5, 5.41) is 11.1. The number of aromatic nitrogens is 4. The van der Waals surface area contributed by atoms with Crippen LogP contribution in [0.1, 0.15) is 55.0 Å². The summed E-state index contributed by atoms with van der Waals surface area (Å²) in [7, 11) is 0. The lowest BCUT2D eigenvalue weighted by Gasteiger charge is -2.31. The number of hydrogen-bond donors (Lipinski definition) is 1. The largest absolute Gasteiger partial charge is 0.361 e. The second kappa shape index (κ2) is 8.12. The number of aryl methyl sites for hydroxylation is 3. The molecule has 1 unspecified atom stereocenters. The Balaban J connectivity index is 1.84. The quantitative estimate of drug-likeness (QED) is 0.854. The van der Waals surface area contributed by atoms with Crippen molar-refractivity contribution in [3.8, 4) is 0 Å². The fraction of sp³-hybridized carbons (Fsp3) is 0.632. The van der Waals surface area contributed by atoms with Gasteiger partial charge in [-0.2, -0.15) is 5.10 Å². The summed E-state index contributed by atoms with van der Waals surface area (Å²) in [6.07, 6.45) is 0.949. The van der Waals surface area contributed by atoms with Crippen LogP contribution in [0.3, 0.4) is 0 Å². The van der Waals surface area contributed by atoms with Gasteiger partial charge in [-0.3, -0.25) is 14.7 Å². The molecular weight excluding hydrogens is 360 g/mol. The molecule has 2 amide bonds. The molecule has 0 radical (unpaired) electrons. The molecule has 3 heterocycles. The molecule has 28 heavy (non-hydrogen) atoms. The molecule has 1 fully saturated rings. The van der Waals surface area contributed by atoms with E-state index in [1.54, 1.807) is 4.90 Å². The number of rotatable bonds is 4. The highest BCUT2D eigenvalue weighted by molar-refractivity contribution is 5.80. The number of nitrogens with zero attached hydrogens (tertiary/aromatic N) is 5. The third-order valence-corrected chi connectivity index (χ3v) is 5.15. The SMILES string of the molecule is Cc1nc(C2CN(C(=O)Cc3c(C)noc3C)CCCN2C(=O)C(C)C)n[nH]1. The predicted molar refractivity (Wildman–Crippen MR) is 101 cm³/mol. The fourth-order valence-electron chi connectivity index (χ4n) is 3.56. The molecule has 1 N–H and O–H groups in total. The van der Waals surface area contributed by atoms with Crippen LogP contribution in [0.25, 0.3) is 0 Å². The number of carbonyl (C=O) groups is 2. The Kier molecular flexibility index (Phi) is 5.81. The minimum atomic E-state index is -0.365. The van der Waals surface area contributed by atoms with E-state index in [4.69, 9.17) is 4.52 Å². The second-order valence-corrected chi connectivity index (χ2v) is 7.65. The van der Waals surface area contributed by atoms with Crippen LogP contribution in [0, 0.1) is 26.7 Å². The lowest BCUT2D eigenvalue weighted by atomic mass is 10.1. The Morgan fingerprint density at radius 3 is 2.57 bits per heavy atom. The number of amides is 2. The summed E-state index contributed by atoms with van der Waals surface area (Å²) >= 11 is 0. The monoisotopic (exact) mass is 388 g/mol. The zero-order valence-corrected chi connectivity index (χ0v) is 17.2. The molecule has 1 atom stereocenters. The first kappa shape index (κ1) is 20.0. The Hall–Kier alpha value is -2.71. The highest BCUT2D eigenvalue weighted by Gasteiger charge is 2.35. The van der Waals surface area contributed by atoms with Crippen molar-refractivity contribution in [1.29, 1.82) is 0 Å². The van der Waals surface area contributed by atoms with Gasteiger partial charge in [-0.15, -0.1) is 0 Å². The molecule has 2 aromatic heterocycles. The lowest BCUT2D eigenvalue weighted by Crippen LogP contribution is -2.42. The summed E-state index contributed by atoms with van der Waals surface area (Å²) < 4.78 is 5.18. The first-order valence-electron chi connectivity index (χ1n) is 9.66. The molecule has 0 spiro atoms. The Morgan fingerprint density at radius 1 is 1.25 bits per heavy atom. The third-order valence-electron chi connectivity index (χ3n) is 5.15. The van der Waals surface area contributed by atoms with Crippen molar-refractivity contribution in [3.05, 3.63) is 28.7 Å². The topological polar surface area (TPSA) is 108 Å². The first-order chi connectivity index (χ1) is 13.3. The normalized spacial score (nSPS) is 17.9. The Labute approximate surface area is 164 Å². The molecule has 0 aromatic carbocycles. The van der Waals surface area contributed by atoms with Crippen LogP contribution < -0.4 is 0 Å². The van der Waals surface area contributed by atoms with Gasteiger partial charge in [0.1, 0.15) is 17.6 Å². The van der Waals surface area contributed by atoms with Gasteiger partial charge in [0.25, 0.3) is 0 Å². The van der Waals surface area contributed by atoms with Crippen LogP contribution in [0.2, 0.25) is 0 Å². The predicted octanol–water partition coefficient (Wildman–Crippen LogP) is 1.72. The molecule has 0 saturated carbocycles. The molecule has 9 nitrogen and oxygen atoms in total. The van der Waals surface area contributed by atoms with Gasteiger partial charge in [0, 0.05) is 31.1 Å². The fourth-order valence-corrected chi connectivity index (χ4v) is 3.56. The second-order valence-electron chi connectivity index (χ2n) is 7.65. The zero-order valence-electron chi connectivity index (χ0n) is 17.2. The molecule has 2 aromatic rings. The van der Waals surface area contributed by atoms with Crippen molar-refractivity contribution in [1.82, 2.24) is 30.1 Å². The van der Waals surface area contributed by atoms with Gasteiger partial charge in [0.15, 0.2) is 5.82 Å². The van der Waals surface area contributed by atoms with E-state index < -0.39 is 0 Å². The van der Waals surface area contributed by atoms with E-state index in [2.05, 4.69) is 20.3 Å². The number of aromatic amines is 1. The highest BCUT2D eigenvalue weighted by atomic mass is 16.5. The van der Waals surface area contributed by atoms with Crippen LogP contribution in [-0.4, -0.2) is 61.6 Å². The zero-order chi connectivity index (χ0) is 20.4. The third kappa shape index (κ3) is 4.07. The smallest absolute Gasteiger partial charge is 0.227 e. The maximum Gasteiger partial charge on any atom is 0.227 e. The van der Waals surface area contributed by atoms with Gasteiger partial charge in [-0.1, -0.05) is 19.0 Å². The van der Waals surface area contributed by atoms with Crippen LogP contribution in [0.15, 0.2) is 4.52 Å². The van der Waals surface area contributed by atoms with Crippen molar-refractivity contribution >= 4 is 11.8 Å². The molecule has 152 valence electrons. The number of carbonyl (C=O) groups excluding carboxylic acids is 2. The summed E-state index contributed by atoms with van der Waals surface area (Å²) in [6.45, 7) is 10.8. The molecule has 1 aliphatic rings. The Bertz CT molecular complexity index is 836. The molecule has 1 aliphatic heterocycles. The van der Waals surface area contributed by atoms with Gasteiger partial charge in [-0.05, 0) is 27.2 Å².